The molecule has 0 N–H and O–H groups in total. The molecular formula is C18H19FN2O3S2. The van der Waals surface area contributed by atoms with Crippen molar-refractivity contribution in [2.75, 3.05) is 13.7 Å². The molecular weight excluding hydrogens is 375 g/mol. The van der Waals surface area contributed by atoms with Gasteiger partial charge in [-0.3, -0.25) is 0 Å². The molecule has 1 aromatic heterocycles. The van der Waals surface area contributed by atoms with Crippen molar-refractivity contribution in [1.82, 2.24) is 4.57 Å². The van der Waals surface area contributed by atoms with E-state index in [1.807, 2.05) is 30.5 Å². The van der Waals surface area contributed by atoms with E-state index < -0.39 is 15.8 Å². The van der Waals surface area contributed by atoms with Gasteiger partial charge in [-0.1, -0.05) is 11.3 Å². The van der Waals surface area contributed by atoms with Crippen molar-refractivity contribution in [3.63, 3.8) is 0 Å². The Balaban J connectivity index is 2.22. The Labute approximate surface area is 155 Å². The topological polar surface area (TPSA) is 60.7 Å². The second kappa shape index (κ2) is 7.30. The van der Waals surface area contributed by atoms with Crippen LogP contribution in [0.1, 0.15) is 11.1 Å². The zero-order valence-corrected chi connectivity index (χ0v) is 16.3. The molecule has 2 aromatic carbocycles. The monoisotopic (exact) mass is 394 g/mol. The Hall–Kier alpha value is -2.03. The highest BCUT2D eigenvalue weighted by Gasteiger charge is 2.15. The summed E-state index contributed by atoms with van der Waals surface area (Å²) < 4.78 is 50.3. The number of methoxy groups -OCH3 is 1. The van der Waals surface area contributed by atoms with Crippen molar-refractivity contribution in [2.45, 2.75) is 25.3 Å². The second-order valence-corrected chi connectivity index (χ2v) is 8.57. The summed E-state index contributed by atoms with van der Waals surface area (Å²) in [6.45, 7) is 4.94. The summed E-state index contributed by atoms with van der Waals surface area (Å²) >= 11 is 1.31. The molecule has 26 heavy (non-hydrogen) atoms. The van der Waals surface area contributed by atoms with Gasteiger partial charge in [-0.25, -0.2) is 4.39 Å². The van der Waals surface area contributed by atoms with Crippen LogP contribution >= 0.6 is 11.3 Å². The average molecular weight is 394 g/mol. The molecule has 0 saturated carbocycles. The van der Waals surface area contributed by atoms with Gasteiger partial charge in [0, 0.05) is 13.7 Å². The third kappa shape index (κ3) is 3.72. The lowest BCUT2D eigenvalue weighted by atomic mass is 10.1. The summed E-state index contributed by atoms with van der Waals surface area (Å²) in [7, 11) is -2.34. The molecule has 5 nitrogen and oxygen atoms in total. The molecule has 0 amide bonds. The fraction of sp³-hybridized carbons (Fsp3) is 0.278. The smallest absolute Gasteiger partial charge is 0.285 e. The van der Waals surface area contributed by atoms with Crippen LogP contribution in [-0.4, -0.2) is 26.7 Å². The fourth-order valence-corrected chi connectivity index (χ4v) is 4.89. The number of halogens is 1. The van der Waals surface area contributed by atoms with Gasteiger partial charge in [-0.2, -0.15) is 8.42 Å². The summed E-state index contributed by atoms with van der Waals surface area (Å²) in [5.74, 6) is -0.494. The quantitative estimate of drug-likeness (QED) is 0.666. The summed E-state index contributed by atoms with van der Waals surface area (Å²) in [6.07, 6.45) is 0. The maximum atomic E-state index is 13.1. The average Bonchev–Trinajstić information content (AvgIpc) is 2.89. The predicted octanol–water partition coefficient (Wildman–Crippen LogP) is 3.39. The van der Waals surface area contributed by atoms with E-state index in [4.69, 9.17) is 4.74 Å². The van der Waals surface area contributed by atoms with Crippen LogP contribution in [0.25, 0.3) is 10.2 Å². The van der Waals surface area contributed by atoms with Crippen LogP contribution in [0.4, 0.5) is 4.39 Å². The highest BCUT2D eigenvalue weighted by Crippen LogP contribution is 2.22. The lowest BCUT2D eigenvalue weighted by Gasteiger charge is -2.06. The zero-order chi connectivity index (χ0) is 18.9. The lowest BCUT2D eigenvalue weighted by molar-refractivity contribution is 0.187. The fourth-order valence-electron chi connectivity index (χ4n) is 2.55. The van der Waals surface area contributed by atoms with Gasteiger partial charge in [-0.15, -0.1) is 4.40 Å². The van der Waals surface area contributed by atoms with Gasteiger partial charge in [0.2, 0.25) is 4.80 Å². The maximum Gasteiger partial charge on any atom is 0.285 e. The number of hydrogen-bond acceptors (Lipinski definition) is 4. The van der Waals surface area contributed by atoms with Crippen LogP contribution in [0.2, 0.25) is 0 Å². The van der Waals surface area contributed by atoms with Gasteiger partial charge in [-0.05, 0) is 61.4 Å². The van der Waals surface area contributed by atoms with Crippen molar-refractivity contribution >= 4 is 31.6 Å². The second-order valence-electron chi connectivity index (χ2n) is 5.95. The molecule has 0 aliphatic heterocycles. The molecule has 0 spiro atoms. The highest BCUT2D eigenvalue weighted by atomic mass is 32.2. The van der Waals surface area contributed by atoms with Crippen LogP contribution in [-0.2, 0) is 21.3 Å². The minimum absolute atomic E-state index is 0.0398. The lowest BCUT2D eigenvalue weighted by Crippen LogP contribution is -2.19. The Bertz CT molecular complexity index is 1110. The number of hydrogen-bond donors (Lipinski definition) is 0. The van der Waals surface area contributed by atoms with E-state index in [0.29, 0.717) is 18.0 Å². The first-order chi connectivity index (χ1) is 12.3. The van der Waals surface area contributed by atoms with Crippen LogP contribution < -0.4 is 4.80 Å². The number of benzene rings is 2. The molecule has 0 unspecified atom stereocenters. The van der Waals surface area contributed by atoms with Crippen LogP contribution in [0.3, 0.4) is 0 Å². The minimum Gasteiger partial charge on any atom is -0.383 e. The standard InChI is InChI=1S/C18H19FN2O3S2/c1-12-10-16-17(11-13(12)2)25-18(21(16)8-9-24-3)20-26(22,23)15-6-4-14(19)5-7-15/h4-7,10-11H,8-9H2,1-3H3. The molecule has 0 aliphatic carbocycles. The first-order valence-electron chi connectivity index (χ1n) is 7.98. The van der Waals surface area contributed by atoms with Gasteiger partial charge in [0.15, 0.2) is 0 Å². The Kier molecular flexibility index (Phi) is 5.27. The van der Waals surface area contributed by atoms with E-state index in [-0.39, 0.29) is 4.90 Å². The minimum atomic E-state index is -3.94. The molecule has 3 aromatic rings. The Morgan fingerprint density at radius 2 is 1.81 bits per heavy atom. The molecule has 138 valence electrons. The van der Waals surface area contributed by atoms with E-state index in [9.17, 15) is 12.8 Å². The molecule has 0 aliphatic rings. The Morgan fingerprint density at radius 3 is 2.46 bits per heavy atom. The van der Waals surface area contributed by atoms with Crippen molar-refractivity contribution in [2.24, 2.45) is 4.40 Å². The number of fused-ring (bicyclic) bond motifs is 1. The number of rotatable bonds is 5. The van der Waals surface area contributed by atoms with E-state index in [1.54, 1.807) is 7.11 Å². The Morgan fingerprint density at radius 1 is 1.15 bits per heavy atom. The van der Waals surface area contributed by atoms with Gasteiger partial charge >= 0.3 is 0 Å². The van der Waals surface area contributed by atoms with Crippen LogP contribution in [0, 0.1) is 19.7 Å². The van der Waals surface area contributed by atoms with Gasteiger partial charge < -0.3 is 9.30 Å². The van der Waals surface area contributed by atoms with Gasteiger partial charge in [0.05, 0.1) is 21.7 Å². The highest BCUT2D eigenvalue weighted by molar-refractivity contribution is 7.90. The molecule has 0 saturated heterocycles. The van der Waals surface area contributed by atoms with Crippen molar-refractivity contribution in [3.8, 4) is 0 Å². The summed E-state index contributed by atoms with van der Waals surface area (Å²) in [4.78, 5) is 0.327. The summed E-state index contributed by atoms with van der Waals surface area (Å²) in [6, 6.07) is 8.71. The molecule has 0 bridgehead atoms. The predicted molar refractivity (Wildman–Crippen MR) is 100 cm³/mol. The van der Waals surface area contributed by atoms with Crippen molar-refractivity contribution < 1.29 is 17.5 Å². The SMILES string of the molecule is COCCn1c(=NS(=O)(=O)c2ccc(F)cc2)sc2cc(C)c(C)cc21. The molecule has 0 atom stereocenters. The third-order valence-corrected chi connectivity index (χ3v) is 6.56. The van der Waals surface area contributed by atoms with Gasteiger partial charge in [0.1, 0.15) is 5.82 Å². The summed E-state index contributed by atoms with van der Waals surface area (Å²) in [5, 5.41) is 0. The first-order valence-corrected chi connectivity index (χ1v) is 10.2. The summed E-state index contributed by atoms with van der Waals surface area (Å²) in [5.41, 5.74) is 3.17. The molecule has 8 heteroatoms. The normalized spacial score (nSPS) is 12.8. The number of sulfonamides is 1. The number of aryl methyl sites for hydroxylation is 2. The molecule has 0 radical (unpaired) electrons. The largest absolute Gasteiger partial charge is 0.383 e. The van der Waals surface area contributed by atoms with Crippen LogP contribution in [0.5, 0.6) is 0 Å². The van der Waals surface area contributed by atoms with Gasteiger partial charge in [0.25, 0.3) is 10.0 Å². The number of thiazole rings is 1. The van der Waals surface area contributed by atoms with E-state index in [2.05, 4.69) is 4.40 Å². The third-order valence-electron chi connectivity index (χ3n) is 4.13. The number of nitrogens with zero attached hydrogens (tertiary/aromatic N) is 2. The number of ether oxygens (including phenoxy) is 1. The maximum absolute atomic E-state index is 13.1. The molecule has 0 fully saturated rings. The molecule has 3 rings (SSSR count). The molecule has 1 heterocycles. The number of aromatic nitrogens is 1. The van der Waals surface area contributed by atoms with Crippen molar-refractivity contribution in [3.05, 3.63) is 58.1 Å². The zero-order valence-electron chi connectivity index (χ0n) is 14.7. The first kappa shape index (κ1) is 18.8. The van der Waals surface area contributed by atoms with E-state index >= 15 is 0 Å². The van der Waals surface area contributed by atoms with E-state index in [0.717, 1.165) is 33.5 Å². The van der Waals surface area contributed by atoms with Crippen LogP contribution in [0.15, 0.2) is 45.7 Å². The van der Waals surface area contributed by atoms with E-state index in [1.165, 1.54) is 23.5 Å². The van der Waals surface area contributed by atoms with Crippen molar-refractivity contribution in [1.29, 1.82) is 0 Å².